The Morgan fingerprint density at radius 2 is 1.93 bits per heavy atom. The van der Waals surface area contributed by atoms with Gasteiger partial charge < -0.3 is 5.73 Å². The van der Waals surface area contributed by atoms with E-state index in [-0.39, 0.29) is 10.6 Å². The van der Waals surface area contributed by atoms with Crippen molar-refractivity contribution in [3.05, 3.63) is 23.8 Å². The van der Waals surface area contributed by atoms with E-state index < -0.39 is 21.8 Å². The summed E-state index contributed by atoms with van der Waals surface area (Å²) in [6.45, 7) is 0. The van der Waals surface area contributed by atoms with Gasteiger partial charge in [0.05, 0.1) is 4.90 Å². The van der Waals surface area contributed by atoms with Gasteiger partial charge in [-0.25, -0.2) is 17.2 Å². The molecule has 2 N–H and O–H groups in total. The average Bonchev–Trinajstić information content (AvgIpc) is 2.02. The molecule has 0 heterocycles. The van der Waals surface area contributed by atoms with Crippen molar-refractivity contribution in [2.75, 3.05) is 12.0 Å². The molecule has 0 aliphatic carbocycles. The van der Waals surface area contributed by atoms with Crippen molar-refractivity contribution >= 4 is 15.5 Å². The van der Waals surface area contributed by atoms with Crippen molar-refractivity contribution in [2.45, 2.75) is 11.3 Å². The molecule has 0 fully saturated rings. The normalized spacial score (nSPS) is 12.0. The van der Waals surface area contributed by atoms with Gasteiger partial charge >= 0.3 is 0 Å². The van der Waals surface area contributed by atoms with Crippen molar-refractivity contribution in [3.8, 4) is 0 Å². The molecule has 14 heavy (non-hydrogen) atoms. The molecule has 0 atom stereocenters. The number of hydrogen-bond donors (Lipinski definition) is 1. The third kappa shape index (κ3) is 2.20. The van der Waals surface area contributed by atoms with E-state index in [4.69, 9.17) is 5.73 Å². The molecule has 6 heteroatoms. The van der Waals surface area contributed by atoms with Crippen LogP contribution in [0.2, 0.25) is 0 Å². The fraction of sp³-hybridized carbons (Fsp3) is 0.250. The van der Waals surface area contributed by atoms with Crippen molar-refractivity contribution in [3.63, 3.8) is 0 Å². The number of benzene rings is 1. The minimum absolute atomic E-state index is 0.104. The van der Waals surface area contributed by atoms with E-state index in [1.165, 1.54) is 6.07 Å². The zero-order chi connectivity index (χ0) is 10.9. The van der Waals surface area contributed by atoms with E-state index in [2.05, 4.69) is 0 Å². The third-order valence-electron chi connectivity index (χ3n) is 1.72. The number of sulfone groups is 1. The van der Waals surface area contributed by atoms with E-state index in [0.29, 0.717) is 0 Å². The Balaban J connectivity index is 3.34. The zero-order valence-corrected chi connectivity index (χ0v) is 8.18. The van der Waals surface area contributed by atoms with E-state index >= 15 is 0 Å². The first-order valence-electron chi connectivity index (χ1n) is 3.70. The lowest BCUT2D eigenvalue weighted by Gasteiger charge is -2.06. The minimum Gasteiger partial charge on any atom is -0.398 e. The number of alkyl halides is 2. The van der Waals surface area contributed by atoms with E-state index in [0.717, 1.165) is 18.4 Å². The second-order valence-electron chi connectivity index (χ2n) is 2.86. The summed E-state index contributed by atoms with van der Waals surface area (Å²) in [6.07, 6.45) is -1.81. The molecule has 0 spiro atoms. The van der Waals surface area contributed by atoms with Crippen molar-refractivity contribution in [2.24, 2.45) is 0 Å². The average molecular weight is 221 g/mol. The van der Waals surface area contributed by atoms with Gasteiger partial charge in [-0.15, -0.1) is 0 Å². The molecular weight excluding hydrogens is 212 g/mol. The maximum Gasteiger partial charge on any atom is 0.265 e. The molecule has 1 aromatic carbocycles. The molecule has 3 nitrogen and oxygen atoms in total. The van der Waals surface area contributed by atoms with Crippen LogP contribution in [0.3, 0.4) is 0 Å². The number of nitrogen functional groups attached to an aromatic ring is 1. The molecule has 0 unspecified atom stereocenters. The Kier molecular flexibility index (Phi) is 2.75. The highest BCUT2D eigenvalue weighted by atomic mass is 32.2. The lowest BCUT2D eigenvalue weighted by Crippen LogP contribution is -2.01. The van der Waals surface area contributed by atoms with E-state index in [1.54, 1.807) is 0 Å². The number of halogens is 2. The van der Waals surface area contributed by atoms with Crippen LogP contribution < -0.4 is 5.73 Å². The Hall–Kier alpha value is -1.17. The number of rotatable bonds is 2. The minimum atomic E-state index is -3.46. The molecule has 78 valence electrons. The lowest BCUT2D eigenvalue weighted by atomic mass is 10.2. The third-order valence-corrected chi connectivity index (χ3v) is 2.83. The van der Waals surface area contributed by atoms with Crippen molar-refractivity contribution < 1.29 is 17.2 Å². The SMILES string of the molecule is CS(=O)(=O)c1ccc(N)c(C(F)F)c1. The first-order chi connectivity index (χ1) is 6.32. The number of nitrogens with two attached hydrogens (primary N) is 1. The van der Waals surface area contributed by atoms with Gasteiger partial charge in [-0.05, 0) is 18.2 Å². The molecule has 1 aromatic rings. The largest absolute Gasteiger partial charge is 0.398 e. The Labute approximate surface area is 80.5 Å². The second-order valence-corrected chi connectivity index (χ2v) is 4.88. The molecule has 1 rings (SSSR count). The van der Waals surface area contributed by atoms with Crippen molar-refractivity contribution in [1.29, 1.82) is 0 Å². The topological polar surface area (TPSA) is 60.2 Å². The van der Waals surface area contributed by atoms with Crippen LogP contribution in [-0.2, 0) is 9.84 Å². The van der Waals surface area contributed by atoms with Gasteiger partial charge in [-0.1, -0.05) is 0 Å². The number of anilines is 1. The van der Waals surface area contributed by atoms with Crippen LogP contribution in [0.4, 0.5) is 14.5 Å². The Morgan fingerprint density at radius 1 is 1.36 bits per heavy atom. The van der Waals surface area contributed by atoms with Crippen LogP contribution >= 0.6 is 0 Å². The van der Waals surface area contributed by atoms with Gasteiger partial charge in [0.25, 0.3) is 6.43 Å². The molecular formula is C8H9F2NO2S. The summed E-state index contributed by atoms with van der Waals surface area (Å²) < 4.78 is 46.7. The Bertz CT molecular complexity index is 443. The lowest BCUT2D eigenvalue weighted by molar-refractivity contribution is 0.152. The molecule has 0 saturated heterocycles. The molecule has 0 saturated carbocycles. The van der Waals surface area contributed by atoms with Crippen LogP contribution in [0.15, 0.2) is 23.1 Å². The first kappa shape index (κ1) is 10.9. The summed E-state index contributed by atoms with van der Waals surface area (Å²) in [7, 11) is -3.46. The quantitative estimate of drug-likeness (QED) is 0.772. The van der Waals surface area contributed by atoms with E-state index in [1.807, 2.05) is 0 Å². The zero-order valence-electron chi connectivity index (χ0n) is 7.37. The summed E-state index contributed by atoms with van der Waals surface area (Å²) in [6, 6.07) is 3.27. The molecule has 0 aliphatic heterocycles. The monoisotopic (exact) mass is 221 g/mol. The van der Waals surface area contributed by atoms with Crippen LogP contribution in [0.25, 0.3) is 0 Å². The van der Waals surface area contributed by atoms with Gasteiger partial charge in [-0.3, -0.25) is 0 Å². The molecule has 0 radical (unpaired) electrons. The standard InChI is InChI=1S/C8H9F2NO2S/c1-14(12,13)5-2-3-7(11)6(4-5)8(9)10/h2-4,8H,11H2,1H3. The maximum atomic E-state index is 12.3. The van der Waals surface area contributed by atoms with Gasteiger partial charge in [-0.2, -0.15) is 0 Å². The van der Waals surface area contributed by atoms with Crippen LogP contribution in [-0.4, -0.2) is 14.7 Å². The molecule has 0 aliphatic rings. The first-order valence-corrected chi connectivity index (χ1v) is 5.59. The smallest absolute Gasteiger partial charge is 0.265 e. The summed E-state index contributed by atoms with van der Waals surface area (Å²) in [5.74, 6) is 0. The predicted octanol–water partition coefficient (Wildman–Crippen LogP) is 1.61. The summed E-state index contributed by atoms with van der Waals surface area (Å²) >= 11 is 0. The summed E-state index contributed by atoms with van der Waals surface area (Å²) in [5.41, 5.74) is 4.70. The molecule has 0 amide bonds. The van der Waals surface area contributed by atoms with Gasteiger partial charge in [0, 0.05) is 17.5 Å². The fourth-order valence-corrected chi connectivity index (χ4v) is 1.63. The summed E-state index contributed by atoms with van der Waals surface area (Å²) in [5, 5.41) is 0. The highest BCUT2D eigenvalue weighted by Gasteiger charge is 2.15. The number of hydrogen-bond acceptors (Lipinski definition) is 3. The highest BCUT2D eigenvalue weighted by molar-refractivity contribution is 7.90. The maximum absolute atomic E-state index is 12.3. The van der Waals surface area contributed by atoms with E-state index in [9.17, 15) is 17.2 Å². The van der Waals surface area contributed by atoms with Crippen LogP contribution in [0.1, 0.15) is 12.0 Å². The Morgan fingerprint density at radius 3 is 2.36 bits per heavy atom. The molecule has 0 aromatic heterocycles. The van der Waals surface area contributed by atoms with Crippen LogP contribution in [0.5, 0.6) is 0 Å². The van der Waals surface area contributed by atoms with Crippen molar-refractivity contribution in [1.82, 2.24) is 0 Å². The fourth-order valence-electron chi connectivity index (χ4n) is 0.972. The van der Waals surface area contributed by atoms with Gasteiger partial charge in [0.2, 0.25) is 0 Å². The predicted molar refractivity (Wildman–Crippen MR) is 48.9 cm³/mol. The van der Waals surface area contributed by atoms with Crippen LogP contribution in [0, 0.1) is 0 Å². The molecule has 0 bridgehead atoms. The highest BCUT2D eigenvalue weighted by Crippen LogP contribution is 2.27. The second kappa shape index (κ2) is 3.53. The van der Waals surface area contributed by atoms with Gasteiger partial charge in [0.15, 0.2) is 9.84 Å². The summed E-state index contributed by atoms with van der Waals surface area (Å²) in [4.78, 5) is -0.151. The van der Waals surface area contributed by atoms with Gasteiger partial charge in [0.1, 0.15) is 0 Å².